The van der Waals surface area contributed by atoms with Gasteiger partial charge in [-0.2, -0.15) is 4.31 Å². The molecular weight excluding hydrogens is 450 g/mol. The first-order chi connectivity index (χ1) is 16.4. The Kier molecular flexibility index (Phi) is 8.03. The van der Waals surface area contributed by atoms with Crippen LogP contribution in [0.5, 0.6) is 0 Å². The summed E-state index contributed by atoms with van der Waals surface area (Å²) in [5, 5.41) is 3.05. The van der Waals surface area contributed by atoms with Crippen LogP contribution in [-0.2, 0) is 14.8 Å². The lowest BCUT2D eigenvalue weighted by Crippen LogP contribution is -2.44. The average molecular weight is 486 g/mol. The zero-order chi connectivity index (χ0) is 24.1. The van der Waals surface area contributed by atoms with Gasteiger partial charge in [0.15, 0.2) is 0 Å². The molecule has 0 saturated carbocycles. The summed E-state index contributed by atoms with van der Waals surface area (Å²) in [6.07, 6.45) is 2.77. The van der Waals surface area contributed by atoms with E-state index in [0.717, 1.165) is 37.9 Å². The van der Waals surface area contributed by atoms with Crippen LogP contribution in [0, 0.1) is 6.92 Å². The van der Waals surface area contributed by atoms with Crippen molar-refractivity contribution in [2.24, 2.45) is 0 Å². The maximum Gasteiger partial charge on any atom is 0.251 e. The number of piperidine rings is 1. The molecule has 2 aliphatic heterocycles. The number of aryl methyl sites for hydroxylation is 1. The smallest absolute Gasteiger partial charge is 0.251 e. The number of hydrogen-bond acceptors (Lipinski definition) is 5. The maximum atomic E-state index is 13.2. The fourth-order valence-electron chi connectivity index (χ4n) is 4.88. The van der Waals surface area contributed by atoms with Crippen molar-refractivity contribution in [3.63, 3.8) is 0 Å². The lowest BCUT2D eigenvalue weighted by Gasteiger charge is -2.35. The van der Waals surface area contributed by atoms with E-state index in [2.05, 4.69) is 35.3 Å². The third-order valence-electron chi connectivity index (χ3n) is 6.81. The zero-order valence-electron chi connectivity index (χ0n) is 20.1. The topological polar surface area (TPSA) is 79.0 Å². The van der Waals surface area contributed by atoms with Gasteiger partial charge in [0.2, 0.25) is 10.0 Å². The van der Waals surface area contributed by atoms with Crippen LogP contribution in [-0.4, -0.2) is 69.0 Å². The first-order valence-corrected chi connectivity index (χ1v) is 13.6. The van der Waals surface area contributed by atoms with Crippen LogP contribution >= 0.6 is 0 Å². The lowest BCUT2D eigenvalue weighted by atomic mass is 10.0. The summed E-state index contributed by atoms with van der Waals surface area (Å²) in [5.74, 6) is -0.269. The number of rotatable bonds is 7. The number of carbonyl (C=O) groups is 1. The van der Waals surface area contributed by atoms with Crippen LogP contribution in [0.1, 0.15) is 53.7 Å². The number of sulfonamides is 1. The predicted molar refractivity (Wildman–Crippen MR) is 132 cm³/mol. The van der Waals surface area contributed by atoms with E-state index in [4.69, 9.17) is 4.74 Å². The number of morpholine rings is 1. The van der Waals surface area contributed by atoms with E-state index in [1.807, 2.05) is 13.0 Å². The molecule has 1 N–H and O–H groups in total. The second-order valence-corrected chi connectivity index (χ2v) is 11.2. The molecule has 7 nitrogen and oxygen atoms in total. The monoisotopic (exact) mass is 485 g/mol. The summed E-state index contributed by atoms with van der Waals surface area (Å²) >= 11 is 0. The van der Waals surface area contributed by atoms with Crippen LogP contribution in [0.25, 0.3) is 0 Å². The Balaban J connectivity index is 1.50. The average Bonchev–Trinajstić information content (AvgIpc) is 2.85. The Morgan fingerprint density at radius 3 is 2.59 bits per heavy atom. The van der Waals surface area contributed by atoms with E-state index in [0.29, 0.717) is 31.9 Å². The summed E-state index contributed by atoms with van der Waals surface area (Å²) in [6.45, 7) is 7.92. The van der Waals surface area contributed by atoms with Crippen LogP contribution in [0.15, 0.2) is 53.4 Å². The Morgan fingerprint density at radius 2 is 1.85 bits per heavy atom. The van der Waals surface area contributed by atoms with Gasteiger partial charge in [-0.15, -0.1) is 0 Å². The van der Waals surface area contributed by atoms with E-state index in [9.17, 15) is 13.2 Å². The van der Waals surface area contributed by atoms with Crippen molar-refractivity contribution in [2.45, 2.75) is 50.1 Å². The molecule has 2 fully saturated rings. The minimum atomic E-state index is -3.63. The molecule has 2 aromatic rings. The Hall–Kier alpha value is -2.26. The van der Waals surface area contributed by atoms with Gasteiger partial charge in [-0.1, -0.05) is 42.3 Å². The van der Waals surface area contributed by atoms with Gasteiger partial charge in [0, 0.05) is 37.8 Å². The highest BCUT2D eigenvalue weighted by Crippen LogP contribution is 2.26. The third-order valence-corrected chi connectivity index (χ3v) is 8.82. The van der Waals surface area contributed by atoms with E-state index < -0.39 is 10.0 Å². The number of carbonyl (C=O) groups excluding carboxylic acids is 1. The minimum absolute atomic E-state index is 0.0221. The quantitative estimate of drug-likeness (QED) is 0.651. The second kappa shape index (κ2) is 11.0. The van der Waals surface area contributed by atoms with Crippen molar-refractivity contribution >= 4 is 15.9 Å². The Bertz CT molecular complexity index is 1100. The molecule has 0 radical (unpaired) electrons. The molecule has 0 bridgehead atoms. The van der Waals surface area contributed by atoms with Crippen molar-refractivity contribution in [3.8, 4) is 0 Å². The van der Waals surface area contributed by atoms with Crippen molar-refractivity contribution in [2.75, 3.05) is 39.4 Å². The van der Waals surface area contributed by atoms with Gasteiger partial charge < -0.3 is 10.1 Å². The molecule has 0 aliphatic carbocycles. The molecule has 1 amide bonds. The lowest BCUT2D eigenvalue weighted by molar-refractivity contribution is 0.0162. The molecule has 2 aliphatic rings. The summed E-state index contributed by atoms with van der Waals surface area (Å²) in [4.78, 5) is 15.6. The van der Waals surface area contributed by atoms with Gasteiger partial charge in [-0.25, -0.2) is 8.42 Å². The van der Waals surface area contributed by atoms with Gasteiger partial charge in [-0.3, -0.25) is 9.69 Å². The van der Waals surface area contributed by atoms with Crippen molar-refractivity contribution in [1.29, 1.82) is 0 Å². The van der Waals surface area contributed by atoms with Crippen LogP contribution in [0.2, 0.25) is 0 Å². The standard InChI is InChI=1S/C26H35N3O4S/c1-20-7-5-9-22(17-20)25(28-13-15-33-16-14-28)19-27-26(30)23-10-6-11-24(18-23)34(31,32)29-12-4-3-8-21(29)2/h5-7,9-11,17-18,21,25H,3-4,8,12-16,19H2,1-2H3,(H,27,30). The first kappa shape index (κ1) is 24.9. The van der Waals surface area contributed by atoms with Gasteiger partial charge >= 0.3 is 0 Å². The summed E-state index contributed by atoms with van der Waals surface area (Å²) in [7, 11) is -3.63. The molecule has 2 aromatic carbocycles. The molecule has 34 heavy (non-hydrogen) atoms. The molecule has 4 rings (SSSR count). The summed E-state index contributed by atoms with van der Waals surface area (Å²) in [6, 6.07) is 14.7. The maximum absolute atomic E-state index is 13.2. The van der Waals surface area contributed by atoms with Gasteiger partial charge in [0.25, 0.3) is 5.91 Å². The number of ether oxygens (including phenoxy) is 1. The molecule has 2 atom stereocenters. The van der Waals surface area contributed by atoms with Crippen LogP contribution in [0.4, 0.5) is 0 Å². The number of nitrogens with one attached hydrogen (secondary N) is 1. The van der Waals surface area contributed by atoms with E-state index in [-0.39, 0.29) is 22.9 Å². The number of hydrogen-bond donors (Lipinski definition) is 1. The van der Waals surface area contributed by atoms with Gasteiger partial charge in [-0.05, 0) is 50.5 Å². The first-order valence-electron chi connectivity index (χ1n) is 12.1. The van der Waals surface area contributed by atoms with Crippen molar-refractivity contribution in [1.82, 2.24) is 14.5 Å². The second-order valence-electron chi connectivity index (χ2n) is 9.28. The largest absolute Gasteiger partial charge is 0.379 e. The SMILES string of the molecule is Cc1cccc(C(CNC(=O)c2cccc(S(=O)(=O)N3CCCCC3C)c2)N2CCOCC2)c1. The number of amides is 1. The molecule has 0 spiro atoms. The fourth-order valence-corrected chi connectivity index (χ4v) is 6.62. The van der Waals surface area contributed by atoms with Gasteiger partial charge in [0.05, 0.1) is 24.2 Å². The zero-order valence-corrected chi connectivity index (χ0v) is 20.9. The van der Waals surface area contributed by atoms with Gasteiger partial charge in [0.1, 0.15) is 0 Å². The molecule has 2 saturated heterocycles. The summed E-state index contributed by atoms with van der Waals surface area (Å²) in [5.41, 5.74) is 2.68. The molecule has 2 heterocycles. The fraction of sp³-hybridized carbons (Fsp3) is 0.500. The van der Waals surface area contributed by atoms with E-state index in [1.165, 1.54) is 11.6 Å². The molecule has 8 heteroatoms. The third kappa shape index (κ3) is 5.68. The Morgan fingerprint density at radius 1 is 1.09 bits per heavy atom. The highest BCUT2D eigenvalue weighted by molar-refractivity contribution is 7.89. The molecule has 0 aromatic heterocycles. The highest BCUT2D eigenvalue weighted by atomic mass is 32.2. The minimum Gasteiger partial charge on any atom is -0.379 e. The number of nitrogens with zero attached hydrogens (tertiary/aromatic N) is 2. The van der Waals surface area contributed by atoms with Crippen molar-refractivity contribution in [3.05, 3.63) is 65.2 Å². The normalized spacial score (nSPS) is 21.2. The number of benzene rings is 2. The Labute approximate surface area is 203 Å². The van der Waals surface area contributed by atoms with E-state index in [1.54, 1.807) is 22.5 Å². The molecular formula is C26H35N3O4S. The highest BCUT2D eigenvalue weighted by Gasteiger charge is 2.31. The molecule has 184 valence electrons. The van der Waals surface area contributed by atoms with Crippen molar-refractivity contribution < 1.29 is 17.9 Å². The van der Waals surface area contributed by atoms with Crippen LogP contribution in [0.3, 0.4) is 0 Å². The predicted octanol–water partition coefficient (Wildman–Crippen LogP) is 3.36. The van der Waals surface area contributed by atoms with Crippen LogP contribution < -0.4 is 5.32 Å². The summed E-state index contributed by atoms with van der Waals surface area (Å²) < 4.78 is 33.6. The molecule has 2 unspecified atom stereocenters. The van der Waals surface area contributed by atoms with E-state index >= 15 is 0 Å².